The van der Waals surface area contributed by atoms with Crippen molar-refractivity contribution < 1.29 is 0 Å². The minimum absolute atomic E-state index is 0.288. The van der Waals surface area contributed by atoms with Crippen molar-refractivity contribution in [1.82, 2.24) is 0 Å². The van der Waals surface area contributed by atoms with Gasteiger partial charge in [-0.05, 0) is 11.6 Å². The quantitative estimate of drug-likeness (QED) is 0.705. The highest BCUT2D eigenvalue weighted by Gasteiger charge is 2.17. The molecule has 0 spiro atoms. The van der Waals surface area contributed by atoms with Crippen molar-refractivity contribution >= 4 is 24.1 Å². The van der Waals surface area contributed by atoms with Crippen LogP contribution in [-0.2, 0) is 0 Å². The van der Waals surface area contributed by atoms with Gasteiger partial charge in [0.2, 0.25) is 0 Å². The van der Waals surface area contributed by atoms with E-state index >= 15 is 0 Å². The molecule has 0 bridgehead atoms. The lowest BCUT2D eigenvalue weighted by molar-refractivity contribution is 1.60. The Bertz CT molecular complexity index is 519. The lowest BCUT2D eigenvalue weighted by Crippen LogP contribution is -2.38. The van der Waals surface area contributed by atoms with Gasteiger partial charge in [-0.15, -0.1) is 0 Å². The molecule has 0 saturated carbocycles. The topological polar surface area (TPSA) is 12.0 Å². The number of benzene rings is 2. The summed E-state index contributed by atoms with van der Waals surface area (Å²) < 4.78 is 0. The fourth-order valence-corrected chi connectivity index (χ4v) is 2.04. The molecule has 0 radical (unpaired) electrons. The Labute approximate surface area is 95.9 Å². The van der Waals surface area contributed by atoms with Gasteiger partial charge in [0.05, 0.1) is 0 Å². The molecule has 1 N–H and O–H groups in total. The zero-order valence-electron chi connectivity index (χ0n) is 8.93. The van der Waals surface area contributed by atoms with E-state index in [4.69, 9.17) is 0 Å². The van der Waals surface area contributed by atoms with Gasteiger partial charge in [0.1, 0.15) is 0 Å². The summed E-state index contributed by atoms with van der Waals surface area (Å²) in [6.07, 6.45) is 2.18. The third kappa shape index (κ3) is 1.63. The van der Waals surface area contributed by atoms with Gasteiger partial charge in [-0.3, -0.25) is 0 Å². The van der Waals surface area contributed by atoms with Gasteiger partial charge in [-0.2, -0.15) is 0 Å². The van der Waals surface area contributed by atoms with E-state index in [0.717, 1.165) is 0 Å². The highest BCUT2D eigenvalue weighted by Crippen LogP contribution is 2.20. The summed E-state index contributed by atoms with van der Waals surface area (Å²) in [6.45, 7) is 0.288. The van der Waals surface area contributed by atoms with Crippen molar-refractivity contribution in [1.29, 1.82) is 0 Å². The van der Waals surface area contributed by atoms with E-state index < -0.39 is 0 Å². The number of fused-ring (bicyclic) bond motifs is 1. The van der Waals surface area contributed by atoms with Gasteiger partial charge in [0.25, 0.3) is 0 Å². The van der Waals surface area contributed by atoms with Crippen molar-refractivity contribution in [3.8, 4) is 0 Å². The van der Waals surface area contributed by atoms with Crippen LogP contribution in [0.3, 0.4) is 0 Å². The average molecular weight is 205 g/mol. The van der Waals surface area contributed by atoms with Crippen LogP contribution in [0.25, 0.3) is 6.08 Å². The largest absolute Gasteiger partial charge is 0.420 e. The van der Waals surface area contributed by atoms with Crippen LogP contribution in [0.4, 0.5) is 5.69 Å². The van der Waals surface area contributed by atoms with Crippen LogP contribution >= 0.6 is 0 Å². The van der Waals surface area contributed by atoms with Gasteiger partial charge in [0, 0.05) is 5.69 Å². The van der Waals surface area contributed by atoms with Crippen molar-refractivity contribution in [2.75, 3.05) is 5.23 Å². The summed E-state index contributed by atoms with van der Waals surface area (Å²) in [6, 6.07) is 18.9. The van der Waals surface area contributed by atoms with Crippen molar-refractivity contribution in [3.63, 3.8) is 0 Å². The smallest absolute Gasteiger partial charge is 0.313 e. The van der Waals surface area contributed by atoms with Gasteiger partial charge in [0.15, 0.2) is 0 Å². The normalized spacial score (nSPS) is 13.1. The summed E-state index contributed by atoms with van der Waals surface area (Å²) >= 11 is 0. The maximum Gasteiger partial charge on any atom is 0.313 e. The van der Waals surface area contributed by atoms with Gasteiger partial charge in [-0.1, -0.05) is 66.0 Å². The number of hydrogen-bond acceptors (Lipinski definition) is 1. The maximum atomic E-state index is 3.53. The molecule has 2 aromatic rings. The third-order valence-electron chi connectivity index (χ3n) is 2.90. The van der Waals surface area contributed by atoms with E-state index in [1.165, 1.54) is 16.7 Å². The Morgan fingerprint density at radius 1 is 0.812 bits per heavy atom. The molecular weight excluding hydrogens is 193 g/mol. The predicted molar refractivity (Wildman–Crippen MR) is 70.9 cm³/mol. The minimum Gasteiger partial charge on any atom is -0.420 e. The number of nitrogens with one attached hydrogen (secondary N) is 1. The lowest BCUT2D eigenvalue weighted by atomic mass is 9.54. The Kier molecular flexibility index (Phi) is 2.26. The van der Waals surface area contributed by atoms with Crippen LogP contribution in [0.5, 0.6) is 0 Å². The summed E-state index contributed by atoms with van der Waals surface area (Å²) in [4.78, 5) is 0. The predicted octanol–water partition coefficient (Wildman–Crippen LogP) is 2.56. The van der Waals surface area contributed by atoms with E-state index in [2.05, 4.69) is 65.8 Å². The third-order valence-corrected chi connectivity index (χ3v) is 2.90. The summed E-state index contributed by atoms with van der Waals surface area (Å²) in [7, 11) is 0. The standard InChI is InChI=1S/C14H12BN/c1-2-7-13(8-3-1)15-11-10-12-6-4-5-9-14(12)16-15/h1-11,16H. The van der Waals surface area contributed by atoms with E-state index in [1.54, 1.807) is 0 Å². The maximum absolute atomic E-state index is 3.53. The van der Waals surface area contributed by atoms with E-state index in [0.29, 0.717) is 0 Å². The average Bonchev–Trinajstić information content (AvgIpc) is 2.39. The first-order chi connectivity index (χ1) is 7.93. The molecular formula is C14H12BN. The number of rotatable bonds is 1. The molecule has 1 aliphatic heterocycles. The zero-order chi connectivity index (χ0) is 10.8. The second kappa shape index (κ2) is 3.89. The molecule has 1 heterocycles. The summed E-state index contributed by atoms with van der Waals surface area (Å²) in [5, 5.41) is 3.53. The van der Waals surface area contributed by atoms with Crippen LogP contribution in [0, 0.1) is 0 Å². The highest BCUT2D eigenvalue weighted by atomic mass is 14.8. The van der Waals surface area contributed by atoms with Crippen LogP contribution < -0.4 is 10.7 Å². The fraction of sp³-hybridized carbons (Fsp3) is 0. The molecule has 3 rings (SSSR count). The van der Waals surface area contributed by atoms with Crippen LogP contribution in [0.1, 0.15) is 5.56 Å². The van der Waals surface area contributed by atoms with Crippen molar-refractivity contribution in [2.24, 2.45) is 0 Å². The molecule has 76 valence electrons. The van der Waals surface area contributed by atoms with Crippen LogP contribution in [0.15, 0.2) is 60.6 Å². The molecule has 16 heavy (non-hydrogen) atoms. The molecule has 0 saturated heterocycles. The molecule has 2 aromatic carbocycles. The summed E-state index contributed by atoms with van der Waals surface area (Å²) in [5.41, 5.74) is 3.77. The molecule has 0 unspecified atom stereocenters. The minimum atomic E-state index is 0.288. The Morgan fingerprint density at radius 2 is 1.56 bits per heavy atom. The molecule has 0 aromatic heterocycles. The fourth-order valence-electron chi connectivity index (χ4n) is 2.04. The Morgan fingerprint density at radius 3 is 2.44 bits per heavy atom. The lowest BCUT2D eigenvalue weighted by Gasteiger charge is -2.19. The molecule has 1 nitrogen and oxygen atoms in total. The van der Waals surface area contributed by atoms with Crippen LogP contribution in [0.2, 0.25) is 0 Å². The molecule has 0 fully saturated rings. The molecule has 0 aliphatic carbocycles. The Hall–Kier alpha value is -1.96. The van der Waals surface area contributed by atoms with Gasteiger partial charge >= 0.3 is 6.85 Å². The molecule has 1 aliphatic rings. The van der Waals surface area contributed by atoms with Crippen molar-refractivity contribution in [2.45, 2.75) is 0 Å². The van der Waals surface area contributed by atoms with Gasteiger partial charge < -0.3 is 5.23 Å². The molecule has 0 atom stereocenters. The Balaban J connectivity index is 1.95. The van der Waals surface area contributed by atoms with E-state index in [9.17, 15) is 0 Å². The first-order valence-corrected chi connectivity index (χ1v) is 5.52. The highest BCUT2D eigenvalue weighted by molar-refractivity contribution is 6.81. The summed E-state index contributed by atoms with van der Waals surface area (Å²) in [5.74, 6) is 2.21. The second-order valence-electron chi connectivity index (χ2n) is 3.98. The SMILES string of the molecule is C1=Cc2ccccc2NB1c1ccccc1. The zero-order valence-corrected chi connectivity index (χ0v) is 8.93. The van der Waals surface area contributed by atoms with Crippen molar-refractivity contribution in [3.05, 3.63) is 66.1 Å². The first kappa shape index (κ1) is 9.28. The van der Waals surface area contributed by atoms with E-state index in [-0.39, 0.29) is 6.85 Å². The number of hydrogen-bond donors (Lipinski definition) is 1. The first-order valence-electron chi connectivity index (χ1n) is 5.52. The second-order valence-corrected chi connectivity index (χ2v) is 3.98. The van der Waals surface area contributed by atoms with Crippen LogP contribution in [-0.4, -0.2) is 6.85 Å². The number of anilines is 1. The van der Waals surface area contributed by atoms with Gasteiger partial charge in [-0.25, -0.2) is 0 Å². The number of para-hydroxylation sites is 1. The molecule has 0 amide bonds. The molecule has 2 heteroatoms. The van der Waals surface area contributed by atoms with E-state index in [1.807, 2.05) is 6.07 Å². The monoisotopic (exact) mass is 205 g/mol.